The molecule has 1 aliphatic heterocycles. The number of H-pyrrole nitrogens is 1. The van der Waals surface area contributed by atoms with Crippen LogP contribution >= 0.6 is 0 Å². The molecule has 2 aliphatic rings. The number of piperazine rings is 1. The van der Waals surface area contributed by atoms with Gasteiger partial charge < -0.3 is 9.80 Å². The van der Waals surface area contributed by atoms with Crippen LogP contribution in [0.4, 0.5) is 4.39 Å². The average Bonchev–Trinajstić information content (AvgIpc) is 2.80. The highest BCUT2D eigenvalue weighted by atomic mass is 19.1. The van der Waals surface area contributed by atoms with Crippen LogP contribution < -0.4 is 5.56 Å². The number of benzene rings is 2. The summed E-state index contributed by atoms with van der Waals surface area (Å²) in [6.45, 7) is 3.22. The van der Waals surface area contributed by atoms with E-state index in [2.05, 4.69) is 10.2 Å². The molecule has 1 aromatic heterocycles. The molecule has 176 valence electrons. The number of aromatic amines is 1. The zero-order chi connectivity index (χ0) is 23.8. The Kier molecular flexibility index (Phi) is 5.89. The maximum atomic E-state index is 14.7. The Hall–Kier alpha value is -3.55. The summed E-state index contributed by atoms with van der Waals surface area (Å²) < 4.78 is 14.7. The van der Waals surface area contributed by atoms with Gasteiger partial charge in [-0.2, -0.15) is 5.10 Å². The highest BCUT2D eigenvalue weighted by Gasteiger charge is 2.35. The van der Waals surface area contributed by atoms with Crippen molar-refractivity contribution in [3.8, 4) is 0 Å². The Morgan fingerprint density at radius 3 is 2.59 bits per heavy atom. The zero-order valence-electron chi connectivity index (χ0n) is 19.1. The summed E-state index contributed by atoms with van der Waals surface area (Å²) in [5.41, 5.74) is 1.12. The predicted molar refractivity (Wildman–Crippen MR) is 126 cm³/mol. The van der Waals surface area contributed by atoms with E-state index in [4.69, 9.17) is 0 Å². The quantitative estimate of drug-likeness (QED) is 0.646. The van der Waals surface area contributed by atoms with Crippen molar-refractivity contribution >= 4 is 22.6 Å². The van der Waals surface area contributed by atoms with Gasteiger partial charge in [0.2, 0.25) is 5.91 Å². The Morgan fingerprint density at radius 1 is 1.12 bits per heavy atom. The van der Waals surface area contributed by atoms with Gasteiger partial charge in [0.1, 0.15) is 5.82 Å². The molecule has 3 aromatic rings. The fourth-order valence-corrected chi connectivity index (χ4v) is 4.87. The normalized spacial score (nSPS) is 18.7. The number of rotatable bonds is 4. The van der Waals surface area contributed by atoms with Crippen molar-refractivity contribution in [1.82, 2.24) is 20.0 Å². The summed E-state index contributed by atoms with van der Waals surface area (Å²) >= 11 is 0. The molecule has 0 bridgehead atoms. The molecule has 8 heteroatoms. The largest absolute Gasteiger partial charge is 0.339 e. The van der Waals surface area contributed by atoms with Gasteiger partial charge in [-0.15, -0.1) is 0 Å². The van der Waals surface area contributed by atoms with Gasteiger partial charge in [0.25, 0.3) is 11.5 Å². The number of carbonyl (C=O) groups is 2. The molecule has 1 N–H and O–H groups in total. The van der Waals surface area contributed by atoms with Crippen molar-refractivity contribution in [2.24, 2.45) is 5.92 Å². The van der Waals surface area contributed by atoms with Crippen LogP contribution in [0.1, 0.15) is 47.8 Å². The third-order valence-electron chi connectivity index (χ3n) is 7.06. The molecule has 34 heavy (non-hydrogen) atoms. The molecule has 2 heterocycles. The van der Waals surface area contributed by atoms with E-state index in [0.717, 1.165) is 30.2 Å². The zero-order valence-corrected chi connectivity index (χ0v) is 19.1. The smallest absolute Gasteiger partial charge is 0.272 e. The monoisotopic (exact) mass is 462 g/mol. The minimum Gasteiger partial charge on any atom is -0.339 e. The van der Waals surface area contributed by atoms with Crippen molar-refractivity contribution in [3.05, 3.63) is 75.5 Å². The SMILES string of the molecule is C[C@H]1CN(C(=O)C2CCC2)CCN1C(=O)c1cc(Cc2n[nH]c(=O)c3ccccc23)ccc1F. The van der Waals surface area contributed by atoms with Gasteiger partial charge >= 0.3 is 0 Å². The lowest BCUT2D eigenvalue weighted by atomic mass is 9.84. The van der Waals surface area contributed by atoms with Crippen LogP contribution in [0.5, 0.6) is 0 Å². The van der Waals surface area contributed by atoms with E-state index >= 15 is 0 Å². The summed E-state index contributed by atoms with van der Waals surface area (Å²) in [4.78, 5) is 41.4. The second kappa shape index (κ2) is 9.00. The molecule has 1 aliphatic carbocycles. The summed E-state index contributed by atoms with van der Waals surface area (Å²) in [6, 6.07) is 11.5. The first-order chi connectivity index (χ1) is 16.4. The molecule has 0 spiro atoms. The number of nitrogens with one attached hydrogen (secondary N) is 1. The van der Waals surface area contributed by atoms with E-state index in [1.165, 1.54) is 6.07 Å². The van der Waals surface area contributed by atoms with E-state index in [0.29, 0.717) is 37.1 Å². The van der Waals surface area contributed by atoms with Gasteiger partial charge in [-0.3, -0.25) is 14.4 Å². The number of nitrogens with zero attached hydrogens (tertiary/aromatic N) is 3. The minimum absolute atomic E-state index is 0.0110. The van der Waals surface area contributed by atoms with Crippen LogP contribution in [0.25, 0.3) is 10.8 Å². The average molecular weight is 463 g/mol. The fourth-order valence-electron chi connectivity index (χ4n) is 4.87. The number of aromatic nitrogens is 2. The first kappa shape index (κ1) is 22.3. The second-order valence-corrected chi connectivity index (χ2v) is 9.30. The lowest BCUT2D eigenvalue weighted by Gasteiger charge is -2.42. The first-order valence-corrected chi connectivity index (χ1v) is 11.8. The molecular weight excluding hydrogens is 435 g/mol. The number of carbonyl (C=O) groups excluding carboxylic acids is 2. The van der Waals surface area contributed by atoms with E-state index < -0.39 is 5.82 Å². The van der Waals surface area contributed by atoms with Crippen molar-refractivity contribution < 1.29 is 14.0 Å². The summed E-state index contributed by atoms with van der Waals surface area (Å²) in [6.07, 6.45) is 3.34. The van der Waals surface area contributed by atoms with Crippen LogP contribution in [-0.2, 0) is 11.2 Å². The van der Waals surface area contributed by atoms with Gasteiger partial charge in [0.05, 0.1) is 16.6 Å². The number of hydrogen-bond donors (Lipinski definition) is 1. The third-order valence-corrected chi connectivity index (χ3v) is 7.06. The lowest BCUT2D eigenvalue weighted by molar-refractivity contribution is -0.140. The molecule has 0 radical (unpaired) electrons. The first-order valence-electron chi connectivity index (χ1n) is 11.8. The Labute approximate surface area is 196 Å². The van der Waals surface area contributed by atoms with Gasteiger partial charge in [-0.25, -0.2) is 9.49 Å². The van der Waals surface area contributed by atoms with Gasteiger partial charge in [-0.05, 0) is 43.5 Å². The molecule has 2 amide bonds. The van der Waals surface area contributed by atoms with Crippen molar-refractivity contribution in [3.63, 3.8) is 0 Å². The number of fused-ring (bicyclic) bond motifs is 1. The number of halogens is 1. The predicted octanol–water partition coefficient (Wildman–Crippen LogP) is 3.13. The minimum atomic E-state index is -0.576. The molecule has 2 aromatic carbocycles. The van der Waals surface area contributed by atoms with Gasteiger partial charge in [0.15, 0.2) is 0 Å². The summed E-state index contributed by atoms with van der Waals surface area (Å²) in [7, 11) is 0. The van der Waals surface area contributed by atoms with E-state index in [9.17, 15) is 18.8 Å². The maximum Gasteiger partial charge on any atom is 0.272 e. The number of amides is 2. The van der Waals surface area contributed by atoms with Crippen LogP contribution in [0.3, 0.4) is 0 Å². The summed E-state index contributed by atoms with van der Waals surface area (Å²) in [5.74, 6) is -0.643. The van der Waals surface area contributed by atoms with Crippen LogP contribution in [0, 0.1) is 11.7 Å². The molecule has 1 saturated heterocycles. The highest BCUT2D eigenvalue weighted by molar-refractivity contribution is 5.95. The fraction of sp³-hybridized carbons (Fsp3) is 0.385. The Bertz CT molecular complexity index is 1320. The van der Waals surface area contributed by atoms with E-state index in [1.807, 2.05) is 24.0 Å². The summed E-state index contributed by atoms with van der Waals surface area (Å²) in [5, 5.41) is 7.96. The molecule has 1 atom stereocenters. The van der Waals surface area contributed by atoms with E-state index in [-0.39, 0.29) is 34.9 Å². The van der Waals surface area contributed by atoms with Crippen molar-refractivity contribution in [1.29, 1.82) is 0 Å². The van der Waals surface area contributed by atoms with Crippen LogP contribution in [0.2, 0.25) is 0 Å². The van der Waals surface area contributed by atoms with Crippen molar-refractivity contribution in [2.75, 3.05) is 19.6 Å². The van der Waals surface area contributed by atoms with Gasteiger partial charge in [-0.1, -0.05) is 30.7 Å². The van der Waals surface area contributed by atoms with Crippen molar-refractivity contribution in [2.45, 2.75) is 38.6 Å². The molecule has 0 unspecified atom stereocenters. The Morgan fingerprint density at radius 2 is 1.88 bits per heavy atom. The molecule has 7 nitrogen and oxygen atoms in total. The maximum absolute atomic E-state index is 14.7. The lowest BCUT2D eigenvalue weighted by Crippen LogP contribution is -2.57. The molecule has 2 fully saturated rings. The molecule has 1 saturated carbocycles. The van der Waals surface area contributed by atoms with Crippen LogP contribution in [-0.4, -0.2) is 57.5 Å². The van der Waals surface area contributed by atoms with Gasteiger partial charge in [0, 0.05) is 43.4 Å². The molecule has 5 rings (SSSR count). The molecular formula is C26H27FN4O3. The second-order valence-electron chi connectivity index (χ2n) is 9.30. The number of hydrogen-bond acceptors (Lipinski definition) is 4. The van der Waals surface area contributed by atoms with Crippen LogP contribution in [0.15, 0.2) is 47.3 Å². The topological polar surface area (TPSA) is 86.4 Å². The standard InChI is InChI=1S/C26H27FN4O3/c1-16-15-30(25(33)18-5-4-6-18)11-12-31(16)26(34)21-13-17(9-10-22(21)27)14-23-19-7-2-3-8-20(19)24(32)29-28-23/h2-3,7-10,13,16,18H,4-6,11-12,14-15H2,1H3,(H,29,32)/t16-/m0/s1. The third kappa shape index (κ3) is 4.08. The Balaban J connectivity index is 1.35. The highest BCUT2D eigenvalue weighted by Crippen LogP contribution is 2.29. The van der Waals surface area contributed by atoms with E-state index in [1.54, 1.807) is 29.2 Å².